The molecule has 68 valence electrons. The molecule has 0 unspecified atom stereocenters. The zero-order valence-corrected chi connectivity index (χ0v) is 9.44. The SMILES string of the molecule is ClC1(Br)C2CC3CC(C2)CC1C3. The maximum atomic E-state index is 6.54. The molecule has 0 aliphatic heterocycles. The van der Waals surface area contributed by atoms with Crippen molar-refractivity contribution in [2.24, 2.45) is 23.7 Å². The van der Waals surface area contributed by atoms with Crippen LogP contribution in [0.25, 0.3) is 0 Å². The van der Waals surface area contributed by atoms with E-state index in [0.29, 0.717) is 0 Å². The standard InChI is InChI=1S/C10H14BrCl/c11-10(12)8-2-6-1-7(4-8)5-9(10)3-6/h6-9H,1-5H2. The highest BCUT2D eigenvalue weighted by atomic mass is 79.9. The molecule has 0 saturated heterocycles. The highest BCUT2D eigenvalue weighted by Gasteiger charge is 2.55. The van der Waals surface area contributed by atoms with Crippen LogP contribution in [0, 0.1) is 23.7 Å². The van der Waals surface area contributed by atoms with E-state index in [1.807, 2.05) is 0 Å². The van der Waals surface area contributed by atoms with Crippen LogP contribution in [0.15, 0.2) is 0 Å². The summed E-state index contributed by atoms with van der Waals surface area (Å²) in [4.78, 5) is 0. The van der Waals surface area contributed by atoms with Crippen LogP contribution in [0.1, 0.15) is 32.1 Å². The van der Waals surface area contributed by atoms with Gasteiger partial charge in [0.15, 0.2) is 0 Å². The lowest BCUT2D eigenvalue weighted by atomic mass is 9.56. The molecule has 0 heterocycles. The first kappa shape index (κ1) is 8.11. The number of hydrogen-bond donors (Lipinski definition) is 0. The molecule has 4 bridgehead atoms. The summed E-state index contributed by atoms with van der Waals surface area (Å²) in [5.74, 6) is 3.60. The summed E-state index contributed by atoms with van der Waals surface area (Å²) in [6.45, 7) is 0. The maximum Gasteiger partial charge on any atom is 0.105 e. The second-order valence-electron chi connectivity index (χ2n) is 4.98. The van der Waals surface area contributed by atoms with Crippen LogP contribution < -0.4 is 0 Å². The quantitative estimate of drug-likeness (QED) is 0.573. The summed E-state index contributed by atoms with van der Waals surface area (Å²) in [6.07, 6.45) is 7.07. The minimum atomic E-state index is -0.0135. The molecule has 0 atom stereocenters. The lowest BCUT2D eigenvalue weighted by Gasteiger charge is -2.56. The molecule has 0 aromatic heterocycles. The molecule has 4 aliphatic carbocycles. The van der Waals surface area contributed by atoms with Gasteiger partial charge in [0, 0.05) is 0 Å². The van der Waals surface area contributed by atoms with E-state index >= 15 is 0 Å². The average molecular weight is 250 g/mol. The third-order valence-electron chi connectivity index (χ3n) is 4.23. The Morgan fingerprint density at radius 1 is 0.917 bits per heavy atom. The van der Waals surface area contributed by atoms with Crippen molar-refractivity contribution in [2.45, 2.75) is 35.9 Å². The summed E-state index contributed by atoms with van der Waals surface area (Å²) >= 11 is 10.3. The van der Waals surface area contributed by atoms with E-state index in [-0.39, 0.29) is 3.78 Å². The molecule has 0 spiro atoms. The maximum absolute atomic E-state index is 6.54. The fourth-order valence-electron chi connectivity index (χ4n) is 3.81. The zero-order valence-electron chi connectivity index (χ0n) is 7.10. The third kappa shape index (κ3) is 0.957. The van der Waals surface area contributed by atoms with Gasteiger partial charge in [0.2, 0.25) is 0 Å². The van der Waals surface area contributed by atoms with Crippen molar-refractivity contribution in [3.05, 3.63) is 0 Å². The van der Waals surface area contributed by atoms with Crippen LogP contribution in [-0.2, 0) is 0 Å². The molecule has 0 nitrogen and oxygen atoms in total. The van der Waals surface area contributed by atoms with E-state index in [0.717, 1.165) is 23.7 Å². The number of hydrogen-bond acceptors (Lipinski definition) is 0. The van der Waals surface area contributed by atoms with E-state index in [4.69, 9.17) is 11.6 Å². The van der Waals surface area contributed by atoms with E-state index in [2.05, 4.69) is 15.9 Å². The Morgan fingerprint density at radius 2 is 1.33 bits per heavy atom. The Bertz CT molecular complexity index is 182. The minimum absolute atomic E-state index is 0.0135. The van der Waals surface area contributed by atoms with E-state index in [1.54, 1.807) is 0 Å². The Labute approximate surface area is 87.2 Å². The molecule has 0 aromatic rings. The van der Waals surface area contributed by atoms with Crippen LogP contribution >= 0.6 is 27.5 Å². The van der Waals surface area contributed by atoms with Crippen molar-refractivity contribution in [3.8, 4) is 0 Å². The van der Waals surface area contributed by atoms with E-state index in [9.17, 15) is 0 Å². The van der Waals surface area contributed by atoms with Crippen LogP contribution in [0.5, 0.6) is 0 Å². The summed E-state index contributed by atoms with van der Waals surface area (Å²) in [5, 5.41) is 0. The van der Waals surface area contributed by atoms with Crippen molar-refractivity contribution in [1.82, 2.24) is 0 Å². The Morgan fingerprint density at radius 3 is 1.75 bits per heavy atom. The third-order valence-corrected chi connectivity index (χ3v) is 6.14. The first-order valence-electron chi connectivity index (χ1n) is 5.04. The molecular formula is C10H14BrCl. The van der Waals surface area contributed by atoms with Crippen LogP contribution in [0.2, 0.25) is 0 Å². The van der Waals surface area contributed by atoms with Gasteiger partial charge in [-0.25, -0.2) is 0 Å². The monoisotopic (exact) mass is 248 g/mol. The Kier molecular flexibility index (Phi) is 1.63. The molecule has 0 N–H and O–H groups in total. The normalized spacial score (nSPS) is 62.5. The topological polar surface area (TPSA) is 0 Å². The smallest absolute Gasteiger partial charge is 0.105 e. The fourth-order valence-corrected chi connectivity index (χ4v) is 4.92. The van der Waals surface area contributed by atoms with Gasteiger partial charge >= 0.3 is 0 Å². The molecule has 0 radical (unpaired) electrons. The van der Waals surface area contributed by atoms with Crippen molar-refractivity contribution >= 4 is 27.5 Å². The highest BCUT2D eigenvalue weighted by Crippen LogP contribution is 2.62. The number of rotatable bonds is 0. The highest BCUT2D eigenvalue weighted by molar-refractivity contribution is 9.10. The van der Waals surface area contributed by atoms with E-state index < -0.39 is 0 Å². The van der Waals surface area contributed by atoms with Gasteiger partial charge in [-0.3, -0.25) is 0 Å². The fraction of sp³-hybridized carbons (Fsp3) is 1.00. The molecule has 4 rings (SSSR count). The van der Waals surface area contributed by atoms with Crippen molar-refractivity contribution in [2.75, 3.05) is 0 Å². The van der Waals surface area contributed by atoms with Gasteiger partial charge in [-0.15, -0.1) is 11.6 Å². The molecule has 0 aromatic carbocycles. The van der Waals surface area contributed by atoms with Gasteiger partial charge in [-0.05, 0) is 55.8 Å². The van der Waals surface area contributed by atoms with Crippen molar-refractivity contribution < 1.29 is 0 Å². The first-order valence-corrected chi connectivity index (χ1v) is 6.21. The van der Waals surface area contributed by atoms with Crippen LogP contribution in [0.4, 0.5) is 0 Å². The van der Waals surface area contributed by atoms with Gasteiger partial charge in [-0.2, -0.15) is 0 Å². The number of halogens is 2. The lowest BCUT2D eigenvalue weighted by molar-refractivity contribution is 0.0151. The van der Waals surface area contributed by atoms with Gasteiger partial charge in [0.1, 0.15) is 3.78 Å². The van der Waals surface area contributed by atoms with Gasteiger partial charge < -0.3 is 0 Å². The summed E-state index contributed by atoms with van der Waals surface area (Å²) in [7, 11) is 0. The molecule has 4 saturated carbocycles. The number of alkyl halides is 2. The van der Waals surface area contributed by atoms with Gasteiger partial charge in [0.25, 0.3) is 0 Å². The molecule has 4 aliphatic rings. The lowest BCUT2D eigenvalue weighted by Crippen LogP contribution is -2.51. The van der Waals surface area contributed by atoms with Gasteiger partial charge in [0.05, 0.1) is 0 Å². The minimum Gasteiger partial charge on any atom is -0.106 e. The van der Waals surface area contributed by atoms with Crippen LogP contribution in [0.3, 0.4) is 0 Å². The Balaban J connectivity index is 1.96. The first-order chi connectivity index (χ1) is 5.66. The largest absolute Gasteiger partial charge is 0.106 e. The van der Waals surface area contributed by atoms with E-state index in [1.165, 1.54) is 32.1 Å². The average Bonchev–Trinajstić information content (AvgIpc) is 1.99. The molecular weight excluding hydrogens is 235 g/mol. The van der Waals surface area contributed by atoms with Gasteiger partial charge in [-0.1, -0.05) is 15.9 Å². The predicted molar refractivity (Wildman–Crippen MR) is 54.6 cm³/mol. The summed E-state index contributed by atoms with van der Waals surface area (Å²) in [6, 6.07) is 0. The molecule has 12 heavy (non-hydrogen) atoms. The van der Waals surface area contributed by atoms with Crippen molar-refractivity contribution in [1.29, 1.82) is 0 Å². The molecule has 4 fully saturated rings. The summed E-state index contributed by atoms with van der Waals surface area (Å²) < 4.78 is -0.0135. The summed E-state index contributed by atoms with van der Waals surface area (Å²) in [5.41, 5.74) is 0. The molecule has 2 heteroatoms. The zero-order chi connectivity index (χ0) is 8.34. The second-order valence-corrected chi connectivity index (χ2v) is 7.37. The van der Waals surface area contributed by atoms with Crippen molar-refractivity contribution in [3.63, 3.8) is 0 Å². The Hall–Kier alpha value is 0.770. The van der Waals surface area contributed by atoms with Crippen LogP contribution in [-0.4, -0.2) is 3.78 Å². The molecule has 0 amide bonds. The predicted octanol–water partition coefficient (Wildman–Crippen LogP) is 3.77. The second kappa shape index (κ2) is 2.42.